The van der Waals surface area contributed by atoms with Gasteiger partial charge in [-0.1, -0.05) is 58.7 Å². The van der Waals surface area contributed by atoms with E-state index in [1.807, 2.05) is 30.3 Å². The summed E-state index contributed by atoms with van der Waals surface area (Å²) >= 11 is 7.07. The van der Waals surface area contributed by atoms with Crippen molar-refractivity contribution in [3.05, 3.63) is 50.2 Å². The van der Waals surface area contributed by atoms with Crippen molar-refractivity contribution < 1.29 is 29.3 Å². The first-order valence-corrected chi connectivity index (χ1v) is 11.3. The van der Waals surface area contributed by atoms with Crippen molar-refractivity contribution in [3.8, 4) is 0 Å². The number of thiol groups is 1. The maximum atomic E-state index is 7.87. The second-order valence-corrected chi connectivity index (χ2v) is 9.94. The molecule has 2 N–H and O–H groups in total. The zero-order valence-corrected chi connectivity index (χ0v) is 20.4. The number of hydrogen-bond donors (Lipinski definition) is 3. The fourth-order valence-corrected chi connectivity index (χ4v) is 0.945. The average Bonchev–Trinajstić information content (AvgIpc) is 2.39. The Hall–Kier alpha value is 0.763. The zero-order chi connectivity index (χ0) is 17.9. The Balaban J connectivity index is -0.000000105. The summed E-state index contributed by atoms with van der Waals surface area (Å²) in [5, 5.41) is 0. The predicted octanol–water partition coefficient (Wildman–Crippen LogP) is 5.88. The third-order valence-corrected chi connectivity index (χ3v) is 1.71. The minimum Gasteiger partial charge on any atom is -0.343 e. The molecule has 0 aliphatic rings. The fraction of sp³-hybridized carbons (Fsp3) is 0.529. The van der Waals surface area contributed by atoms with Gasteiger partial charge < -0.3 is 23.6 Å². The maximum absolute atomic E-state index is 7.87. The molecule has 1 aromatic carbocycles. The summed E-state index contributed by atoms with van der Waals surface area (Å²) in [6.07, 6.45) is 6.52. The molecule has 134 valence electrons. The van der Waals surface area contributed by atoms with Crippen LogP contribution in [-0.2, 0) is 31.3 Å². The Morgan fingerprint density at radius 3 is 1.70 bits per heavy atom. The minimum atomic E-state index is -3.11. The van der Waals surface area contributed by atoms with Crippen molar-refractivity contribution in [1.29, 1.82) is 0 Å². The molecule has 0 aliphatic heterocycles. The first-order chi connectivity index (χ1) is 10.1. The van der Waals surface area contributed by atoms with Crippen molar-refractivity contribution in [2.75, 3.05) is 0 Å². The number of rotatable bonds is 4. The normalized spacial score (nSPS) is 9.09. The van der Waals surface area contributed by atoms with E-state index in [0.717, 1.165) is 6.42 Å². The van der Waals surface area contributed by atoms with Crippen LogP contribution < -0.4 is 0 Å². The van der Waals surface area contributed by atoms with Gasteiger partial charge in [-0.15, -0.1) is 0 Å². The van der Waals surface area contributed by atoms with Gasteiger partial charge in [0.15, 0.2) is 0 Å². The molecule has 0 amide bonds. The van der Waals surface area contributed by atoms with Gasteiger partial charge >= 0.3 is 0 Å². The van der Waals surface area contributed by atoms with Crippen molar-refractivity contribution in [3.63, 3.8) is 0 Å². The van der Waals surface area contributed by atoms with Gasteiger partial charge in [-0.3, -0.25) is 0 Å². The van der Waals surface area contributed by atoms with Crippen LogP contribution in [0.4, 0.5) is 0 Å². The molecular weight excluding hydrogens is 397 g/mol. The molecule has 23 heavy (non-hydrogen) atoms. The number of unbranched alkanes of at least 4 members (excludes halogenated alkanes) is 4. The fourth-order valence-electron chi connectivity index (χ4n) is 0.945. The average molecular weight is 429 g/mol. The van der Waals surface area contributed by atoms with Gasteiger partial charge in [0.05, 0.1) is 0 Å². The van der Waals surface area contributed by atoms with Gasteiger partial charge in [0.1, 0.15) is 0 Å². The first kappa shape index (κ1) is 31.5. The molecule has 6 heteroatoms. The molecule has 0 aliphatic carbocycles. The summed E-state index contributed by atoms with van der Waals surface area (Å²) in [6.45, 7) is 13.7. The molecule has 0 heterocycles. The molecule has 1 aromatic rings. The van der Waals surface area contributed by atoms with Crippen molar-refractivity contribution >= 4 is 29.7 Å². The van der Waals surface area contributed by atoms with E-state index in [9.17, 15) is 0 Å². The van der Waals surface area contributed by atoms with Crippen LogP contribution in [0.2, 0.25) is 0 Å². The van der Waals surface area contributed by atoms with E-state index < -0.39 is 5.69 Å². The Kier molecular flexibility index (Phi) is 34.3. The second kappa shape index (κ2) is 25.0. The van der Waals surface area contributed by atoms with E-state index in [2.05, 4.69) is 64.7 Å². The van der Waals surface area contributed by atoms with E-state index >= 15 is 0 Å². The van der Waals surface area contributed by atoms with Gasteiger partial charge in [-0.25, -0.2) is 0 Å². The quantitative estimate of drug-likeness (QED) is 0.184. The zero-order valence-electron chi connectivity index (χ0n) is 14.8. The summed E-state index contributed by atoms with van der Waals surface area (Å²) in [5.41, 5.74) is -3.11. The third-order valence-electron chi connectivity index (χ3n) is 1.71. The van der Waals surface area contributed by atoms with Crippen LogP contribution in [0.25, 0.3) is 0 Å². The Labute approximate surface area is 167 Å². The standard InChI is InChI=1S/C7H15.C6H5.C4H9.H3O2PS2.Zn/c1-3-5-7-6-4-2;1-2-4-6-5-3-1;1-4(2)3;1-3(2,4)5;/h1,3-7H2,2H3;1-5H;4H,1H2,2-3H3;(H3,1,2,4,5);/q3*-1;;. The molecule has 0 saturated heterocycles. The molecule has 2 nitrogen and oxygen atoms in total. The Morgan fingerprint density at radius 2 is 1.52 bits per heavy atom. The number of hydrogen-bond acceptors (Lipinski definition) is 1. The molecule has 0 saturated carbocycles. The first-order valence-electron chi connectivity index (χ1n) is 7.46. The van der Waals surface area contributed by atoms with Crippen LogP contribution in [0, 0.1) is 25.8 Å². The third kappa shape index (κ3) is 84.7. The monoisotopic (exact) mass is 427 g/mol. The topological polar surface area (TPSA) is 40.5 Å². The Bertz CT molecular complexity index is 291. The van der Waals surface area contributed by atoms with Gasteiger partial charge in [0.2, 0.25) is 5.69 Å². The molecule has 1 rings (SSSR count). The maximum Gasteiger partial charge on any atom is 0.239 e. The minimum absolute atomic E-state index is 0. The van der Waals surface area contributed by atoms with Crippen LogP contribution in [0.5, 0.6) is 0 Å². The van der Waals surface area contributed by atoms with Crippen LogP contribution in [0.1, 0.15) is 52.9 Å². The summed E-state index contributed by atoms with van der Waals surface area (Å²) in [7, 11) is 0. The summed E-state index contributed by atoms with van der Waals surface area (Å²) in [5.74, 6) is 0.583. The van der Waals surface area contributed by atoms with Gasteiger partial charge in [0, 0.05) is 19.5 Å². The van der Waals surface area contributed by atoms with Crippen molar-refractivity contribution in [2.45, 2.75) is 52.9 Å². The number of benzene rings is 1. The molecule has 0 fully saturated rings. The van der Waals surface area contributed by atoms with E-state index in [1.165, 1.54) is 25.7 Å². The predicted molar refractivity (Wildman–Crippen MR) is 107 cm³/mol. The molecule has 0 spiro atoms. The van der Waals surface area contributed by atoms with E-state index in [-0.39, 0.29) is 19.5 Å². The molecule has 0 aromatic heterocycles. The van der Waals surface area contributed by atoms with Gasteiger partial charge in [0.25, 0.3) is 0 Å². The van der Waals surface area contributed by atoms with Crippen LogP contribution >= 0.6 is 17.9 Å². The summed E-state index contributed by atoms with van der Waals surface area (Å²) < 4.78 is 0. The molecular formula is C17H32O2PS2Zn-3. The van der Waals surface area contributed by atoms with Gasteiger partial charge in [-0.2, -0.15) is 48.7 Å². The van der Waals surface area contributed by atoms with Gasteiger partial charge in [-0.05, 0) is 11.8 Å². The van der Waals surface area contributed by atoms with E-state index in [1.54, 1.807) is 0 Å². The Morgan fingerprint density at radius 1 is 1.13 bits per heavy atom. The van der Waals surface area contributed by atoms with Crippen LogP contribution in [0.3, 0.4) is 0 Å². The van der Waals surface area contributed by atoms with Crippen LogP contribution in [0.15, 0.2) is 30.3 Å². The summed E-state index contributed by atoms with van der Waals surface area (Å²) in [6, 6.07) is 12.5. The smallest absolute Gasteiger partial charge is 0.239 e. The van der Waals surface area contributed by atoms with E-state index in [0.29, 0.717) is 5.92 Å². The van der Waals surface area contributed by atoms with Crippen molar-refractivity contribution in [2.24, 2.45) is 5.92 Å². The molecule has 0 radical (unpaired) electrons. The van der Waals surface area contributed by atoms with E-state index in [4.69, 9.17) is 9.79 Å². The molecule has 0 bridgehead atoms. The second-order valence-electron chi connectivity index (χ2n) is 4.90. The molecule has 0 atom stereocenters. The largest absolute Gasteiger partial charge is 0.343 e. The summed E-state index contributed by atoms with van der Waals surface area (Å²) in [4.78, 5) is 15.7. The molecule has 0 unspecified atom stereocenters. The SMILES string of the molecule is OP(O)(=S)S.[CH2-]C(C)C.[CH2-]CCCCCC.[Zn].[c-]1ccccc1. The van der Waals surface area contributed by atoms with Crippen LogP contribution in [-0.4, -0.2) is 9.79 Å². The van der Waals surface area contributed by atoms with Crippen molar-refractivity contribution in [1.82, 2.24) is 0 Å².